The number of thiophene rings is 1. The smallest absolute Gasteiger partial charge is 0.222 e. The molecule has 0 amide bonds. The van der Waals surface area contributed by atoms with Crippen molar-refractivity contribution in [3.63, 3.8) is 0 Å². The van der Waals surface area contributed by atoms with Gasteiger partial charge in [-0.05, 0) is 37.9 Å². The highest BCUT2D eigenvalue weighted by molar-refractivity contribution is 9.10. The van der Waals surface area contributed by atoms with Crippen LogP contribution in [0.5, 0.6) is 0 Å². The third-order valence-corrected chi connectivity index (χ3v) is 3.77. The van der Waals surface area contributed by atoms with Gasteiger partial charge in [0.15, 0.2) is 0 Å². The quantitative estimate of drug-likeness (QED) is 0.919. The third kappa shape index (κ3) is 3.25. The minimum absolute atomic E-state index is 0.641. The van der Waals surface area contributed by atoms with E-state index in [1.54, 1.807) is 23.7 Å². The molecule has 0 aromatic carbocycles. The van der Waals surface area contributed by atoms with Crippen LogP contribution >= 0.6 is 43.2 Å². The summed E-state index contributed by atoms with van der Waals surface area (Å²) < 4.78 is 1.99. The lowest BCUT2D eigenvalue weighted by Gasteiger charge is -2.01. The molecular formula is C9H7Br2N3S. The molecule has 0 spiro atoms. The van der Waals surface area contributed by atoms with Crippen LogP contribution in [-0.4, -0.2) is 9.97 Å². The lowest BCUT2D eigenvalue weighted by Crippen LogP contribution is -2.01. The van der Waals surface area contributed by atoms with Crippen molar-refractivity contribution in [2.24, 2.45) is 0 Å². The third-order valence-electron chi connectivity index (χ3n) is 1.66. The fraction of sp³-hybridized carbons (Fsp3) is 0.111. The predicted octanol–water partition coefficient (Wildman–Crippen LogP) is 3.68. The Bertz CT molecular complexity index is 441. The van der Waals surface area contributed by atoms with Gasteiger partial charge in [0.1, 0.15) is 0 Å². The van der Waals surface area contributed by atoms with E-state index in [-0.39, 0.29) is 0 Å². The molecule has 0 radical (unpaired) electrons. The molecule has 2 aromatic rings. The van der Waals surface area contributed by atoms with Gasteiger partial charge in [0.2, 0.25) is 5.95 Å². The molecule has 0 saturated carbocycles. The first-order chi connectivity index (χ1) is 7.24. The molecule has 0 bridgehead atoms. The number of rotatable bonds is 3. The molecule has 0 saturated heterocycles. The Kier molecular flexibility index (Phi) is 3.71. The number of halogens is 2. The molecule has 0 aliphatic rings. The largest absolute Gasteiger partial charge is 0.349 e. The standard InChI is InChI=1S/C9H7Br2N3S/c10-6-1-8(15-5-6)4-14-9-12-2-7(11)3-13-9/h1-3,5H,4H2,(H,12,13,14). The average Bonchev–Trinajstić information content (AvgIpc) is 2.64. The van der Waals surface area contributed by atoms with Crippen LogP contribution in [0.15, 0.2) is 32.8 Å². The van der Waals surface area contributed by atoms with Crippen LogP contribution in [0, 0.1) is 0 Å². The normalized spacial score (nSPS) is 10.3. The van der Waals surface area contributed by atoms with Crippen molar-refractivity contribution in [2.45, 2.75) is 6.54 Å². The van der Waals surface area contributed by atoms with Gasteiger partial charge in [-0.15, -0.1) is 11.3 Å². The minimum Gasteiger partial charge on any atom is -0.349 e. The zero-order valence-electron chi connectivity index (χ0n) is 7.58. The summed E-state index contributed by atoms with van der Waals surface area (Å²) in [6, 6.07) is 2.08. The minimum atomic E-state index is 0.641. The Morgan fingerprint density at radius 1 is 1.20 bits per heavy atom. The van der Waals surface area contributed by atoms with E-state index < -0.39 is 0 Å². The summed E-state index contributed by atoms with van der Waals surface area (Å²) in [5, 5.41) is 5.20. The number of anilines is 1. The molecule has 1 N–H and O–H groups in total. The van der Waals surface area contributed by atoms with Gasteiger partial charge in [-0.25, -0.2) is 9.97 Å². The molecule has 2 heterocycles. The Labute approximate surface area is 108 Å². The monoisotopic (exact) mass is 347 g/mol. The highest BCUT2D eigenvalue weighted by Crippen LogP contribution is 2.20. The number of hydrogen-bond donors (Lipinski definition) is 1. The van der Waals surface area contributed by atoms with Crippen LogP contribution in [0.1, 0.15) is 4.88 Å². The van der Waals surface area contributed by atoms with Gasteiger partial charge >= 0.3 is 0 Å². The maximum Gasteiger partial charge on any atom is 0.222 e. The molecule has 0 atom stereocenters. The fourth-order valence-corrected chi connectivity index (χ4v) is 2.61. The topological polar surface area (TPSA) is 37.8 Å². The zero-order valence-corrected chi connectivity index (χ0v) is 11.6. The molecule has 6 heteroatoms. The van der Waals surface area contributed by atoms with E-state index in [1.165, 1.54) is 4.88 Å². The van der Waals surface area contributed by atoms with Crippen LogP contribution in [0.25, 0.3) is 0 Å². The number of nitrogens with one attached hydrogen (secondary N) is 1. The Balaban J connectivity index is 1.96. The van der Waals surface area contributed by atoms with Gasteiger partial charge < -0.3 is 5.32 Å². The summed E-state index contributed by atoms with van der Waals surface area (Å²) >= 11 is 8.40. The van der Waals surface area contributed by atoms with E-state index in [0.29, 0.717) is 5.95 Å². The van der Waals surface area contributed by atoms with Crippen molar-refractivity contribution < 1.29 is 0 Å². The summed E-state index contributed by atoms with van der Waals surface area (Å²) in [7, 11) is 0. The summed E-state index contributed by atoms with van der Waals surface area (Å²) in [4.78, 5) is 9.49. The van der Waals surface area contributed by atoms with E-state index in [1.807, 2.05) is 0 Å². The van der Waals surface area contributed by atoms with Crippen molar-refractivity contribution in [3.8, 4) is 0 Å². The fourth-order valence-electron chi connectivity index (χ4n) is 1.02. The van der Waals surface area contributed by atoms with Crippen molar-refractivity contribution in [3.05, 3.63) is 37.7 Å². The maximum absolute atomic E-state index is 4.12. The number of nitrogens with zero attached hydrogens (tertiary/aromatic N) is 2. The predicted molar refractivity (Wildman–Crippen MR) is 69.1 cm³/mol. The van der Waals surface area contributed by atoms with Gasteiger partial charge in [-0.3, -0.25) is 0 Å². The van der Waals surface area contributed by atoms with Crippen molar-refractivity contribution in [1.29, 1.82) is 0 Å². The Hall–Kier alpha value is -0.460. The van der Waals surface area contributed by atoms with E-state index in [9.17, 15) is 0 Å². The van der Waals surface area contributed by atoms with Gasteiger partial charge in [-0.2, -0.15) is 0 Å². The maximum atomic E-state index is 4.12. The lowest BCUT2D eigenvalue weighted by molar-refractivity contribution is 1.06. The first kappa shape index (κ1) is 11.0. The van der Waals surface area contributed by atoms with Gasteiger partial charge in [-0.1, -0.05) is 0 Å². The van der Waals surface area contributed by atoms with Crippen molar-refractivity contribution >= 4 is 49.1 Å². The van der Waals surface area contributed by atoms with Gasteiger partial charge in [0.25, 0.3) is 0 Å². The first-order valence-electron chi connectivity index (χ1n) is 4.18. The highest BCUT2D eigenvalue weighted by atomic mass is 79.9. The number of aromatic nitrogens is 2. The van der Waals surface area contributed by atoms with Crippen LogP contribution in [0.4, 0.5) is 5.95 Å². The molecule has 3 nitrogen and oxygen atoms in total. The lowest BCUT2D eigenvalue weighted by atomic mass is 10.5. The Morgan fingerprint density at radius 2 is 1.93 bits per heavy atom. The number of hydrogen-bond acceptors (Lipinski definition) is 4. The van der Waals surface area contributed by atoms with Crippen LogP contribution in [0.2, 0.25) is 0 Å². The molecule has 0 aliphatic carbocycles. The second kappa shape index (κ2) is 5.05. The average molecular weight is 349 g/mol. The molecule has 2 rings (SSSR count). The molecule has 0 aliphatic heterocycles. The summed E-state index contributed by atoms with van der Waals surface area (Å²) in [5.41, 5.74) is 0. The summed E-state index contributed by atoms with van der Waals surface area (Å²) in [5.74, 6) is 0.641. The molecule has 78 valence electrons. The summed E-state index contributed by atoms with van der Waals surface area (Å²) in [6.45, 7) is 0.748. The van der Waals surface area contributed by atoms with Crippen molar-refractivity contribution in [2.75, 3.05) is 5.32 Å². The molecule has 0 unspecified atom stereocenters. The summed E-state index contributed by atoms with van der Waals surface area (Å²) in [6.07, 6.45) is 3.44. The van der Waals surface area contributed by atoms with E-state index >= 15 is 0 Å². The SMILES string of the molecule is Brc1cnc(NCc2cc(Br)cs2)nc1. The van der Waals surface area contributed by atoms with Crippen LogP contribution in [-0.2, 0) is 6.54 Å². The van der Waals surface area contributed by atoms with Crippen LogP contribution < -0.4 is 5.32 Å². The van der Waals surface area contributed by atoms with Gasteiger partial charge in [0.05, 0.1) is 11.0 Å². The second-order valence-electron chi connectivity index (χ2n) is 2.81. The zero-order chi connectivity index (χ0) is 10.7. The first-order valence-corrected chi connectivity index (χ1v) is 6.65. The van der Waals surface area contributed by atoms with Crippen LogP contribution in [0.3, 0.4) is 0 Å². The van der Waals surface area contributed by atoms with Gasteiger partial charge in [0, 0.05) is 27.1 Å². The second-order valence-corrected chi connectivity index (χ2v) is 5.64. The highest BCUT2D eigenvalue weighted by Gasteiger charge is 1.99. The molecule has 2 aromatic heterocycles. The van der Waals surface area contributed by atoms with E-state index in [2.05, 4.69) is 58.6 Å². The molecule has 15 heavy (non-hydrogen) atoms. The van der Waals surface area contributed by atoms with E-state index in [4.69, 9.17) is 0 Å². The molecule has 0 fully saturated rings. The Morgan fingerprint density at radius 3 is 2.53 bits per heavy atom. The van der Waals surface area contributed by atoms with E-state index in [0.717, 1.165) is 15.5 Å². The molecular weight excluding hydrogens is 342 g/mol. The van der Waals surface area contributed by atoms with Crippen molar-refractivity contribution in [1.82, 2.24) is 9.97 Å².